The first-order chi connectivity index (χ1) is 11.7. The summed E-state index contributed by atoms with van der Waals surface area (Å²) in [4.78, 5) is 23.0. The van der Waals surface area contributed by atoms with Crippen molar-refractivity contribution in [2.24, 2.45) is 5.41 Å². The Bertz CT molecular complexity index is 927. The Hall–Kier alpha value is -1.39. The molecule has 1 heterocycles. The van der Waals surface area contributed by atoms with Crippen LogP contribution in [-0.4, -0.2) is 22.4 Å². The van der Waals surface area contributed by atoms with Crippen molar-refractivity contribution in [1.82, 2.24) is 15.3 Å². The van der Waals surface area contributed by atoms with Crippen LogP contribution in [0.5, 0.6) is 0 Å². The van der Waals surface area contributed by atoms with Gasteiger partial charge in [0.25, 0.3) is 0 Å². The number of rotatable bonds is 2. The number of halogens is 2. The minimum absolute atomic E-state index is 0.0520. The standard InChI is InChI=1S/C19H21Cl2N3O/c1-5-22-16(25)19-7-6-18(4,17(19,2)3)14-15(19)24-13-9-11(21)10(20)8-12(13)23-14/h8-9H,5-7H2,1-4H3,(H,22,25)/t18-,19-/m1/s1. The van der Waals surface area contributed by atoms with Gasteiger partial charge in [0.1, 0.15) is 0 Å². The molecule has 4 nitrogen and oxygen atoms in total. The Kier molecular flexibility index (Phi) is 3.46. The number of amides is 1. The van der Waals surface area contributed by atoms with E-state index in [0.717, 1.165) is 29.7 Å². The van der Waals surface area contributed by atoms with Crippen LogP contribution in [0.4, 0.5) is 0 Å². The van der Waals surface area contributed by atoms with Gasteiger partial charge in [0.15, 0.2) is 0 Å². The van der Waals surface area contributed by atoms with E-state index in [0.29, 0.717) is 22.1 Å². The van der Waals surface area contributed by atoms with Crippen molar-refractivity contribution in [2.45, 2.75) is 51.4 Å². The number of hydrogen-bond acceptors (Lipinski definition) is 3. The second kappa shape index (κ2) is 5.08. The second-order valence-corrected chi connectivity index (χ2v) is 8.71. The van der Waals surface area contributed by atoms with Crippen LogP contribution in [0.3, 0.4) is 0 Å². The number of likely N-dealkylation sites (N-methyl/N-ethyl adjacent to an activating group) is 1. The van der Waals surface area contributed by atoms with Crippen molar-refractivity contribution < 1.29 is 4.79 Å². The van der Waals surface area contributed by atoms with Crippen LogP contribution >= 0.6 is 23.2 Å². The fourth-order valence-electron chi connectivity index (χ4n) is 4.91. The normalized spacial score (nSPS) is 29.0. The first-order valence-corrected chi connectivity index (χ1v) is 9.40. The van der Waals surface area contributed by atoms with Crippen LogP contribution in [0.1, 0.15) is 51.9 Å². The van der Waals surface area contributed by atoms with Crippen molar-refractivity contribution in [1.29, 1.82) is 0 Å². The third-order valence-corrected chi connectivity index (χ3v) is 7.53. The van der Waals surface area contributed by atoms with Crippen LogP contribution in [-0.2, 0) is 15.6 Å². The molecule has 1 aromatic heterocycles. The minimum atomic E-state index is -0.652. The molecule has 0 aliphatic heterocycles. The number of hydrogen-bond donors (Lipinski definition) is 1. The van der Waals surface area contributed by atoms with Gasteiger partial charge in [-0.1, -0.05) is 44.0 Å². The van der Waals surface area contributed by atoms with Gasteiger partial charge < -0.3 is 5.32 Å². The van der Waals surface area contributed by atoms with Gasteiger partial charge in [-0.25, -0.2) is 9.97 Å². The Balaban J connectivity index is 2.06. The first-order valence-electron chi connectivity index (χ1n) is 8.65. The molecule has 0 spiro atoms. The molecule has 1 fully saturated rings. The van der Waals surface area contributed by atoms with E-state index in [2.05, 4.69) is 26.1 Å². The molecule has 2 atom stereocenters. The fourth-order valence-corrected chi connectivity index (χ4v) is 5.23. The molecule has 2 aliphatic carbocycles. The van der Waals surface area contributed by atoms with Crippen molar-refractivity contribution in [3.63, 3.8) is 0 Å². The number of benzene rings is 1. The third kappa shape index (κ3) is 1.82. The lowest BCUT2D eigenvalue weighted by atomic mass is 9.63. The molecule has 2 aliphatic rings. The number of nitrogens with zero attached hydrogens (tertiary/aromatic N) is 2. The van der Waals surface area contributed by atoms with E-state index in [4.69, 9.17) is 33.2 Å². The van der Waals surface area contributed by atoms with Crippen molar-refractivity contribution in [3.8, 4) is 0 Å². The molecule has 25 heavy (non-hydrogen) atoms. The number of aromatic nitrogens is 2. The smallest absolute Gasteiger partial charge is 0.232 e. The quantitative estimate of drug-likeness (QED) is 0.843. The molecular formula is C19H21Cl2N3O. The average Bonchev–Trinajstić information content (AvgIpc) is 2.84. The molecule has 1 N–H and O–H groups in total. The van der Waals surface area contributed by atoms with Gasteiger partial charge in [-0.15, -0.1) is 0 Å². The Morgan fingerprint density at radius 3 is 2.20 bits per heavy atom. The van der Waals surface area contributed by atoms with E-state index < -0.39 is 5.41 Å². The number of fused-ring (bicyclic) bond motifs is 6. The molecule has 132 valence electrons. The summed E-state index contributed by atoms with van der Waals surface area (Å²) < 4.78 is 0. The van der Waals surface area contributed by atoms with E-state index in [-0.39, 0.29) is 16.7 Å². The van der Waals surface area contributed by atoms with Gasteiger partial charge in [-0.05, 0) is 37.3 Å². The maximum absolute atomic E-state index is 13.2. The lowest BCUT2D eigenvalue weighted by Crippen LogP contribution is -2.51. The summed E-state index contributed by atoms with van der Waals surface area (Å²) >= 11 is 12.3. The number of carbonyl (C=O) groups excluding carboxylic acids is 1. The number of carbonyl (C=O) groups is 1. The summed E-state index contributed by atoms with van der Waals surface area (Å²) in [6, 6.07) is 3.49. The largest absolute Gasteiger partial charge is 0.356 e. The summed E-state index contributed by atoms with van der Waals surface area (Å²) in [6.07, 6.45) is 1.71. The van der Waals surface area contributed by atoms with Crippen LogP contribution in [0.25, 0.3) is 11.0 Å². The average molecular weight is 378 g/mol. The molecule has 2 bridgehead atoms. The van der Waals surface area contributed by atoms with E-state index in [1.54, 1.807) is 12.1 Å². The van der Waals surface area contributed by atoms with Crippen molar-refractivity contribution in [3.05, 3.63) is 33.6 Å². The molecule has 0 radical (unpaired) electrons. The fraction of sp³-hybridized carbons (Fsp3) is 0.526. The topological polar surface area (TPSA) is 54.9 Å². The first kappa shape index (κ1) is 17.0. The van der Waals surface area contributed by atoms with Gasteiger partial charge in [-0.3, -0.25) is 4.79 Å². The second-order valence-electron chi connectivity index (χ2n) is 7.90. The lowest BCUT2D eigenvalue weighted by molar-refractivity contribution is -0.130. The molecule has 1 aromatic carbocycles. The van der Waals surface area contributed by atoms with Gasteiger partial charge in [0, 0.05) is 12.0 Å². The van der Waals surface area contributed by atoms with E-state index >= 15 is 0 Å². The molecular weight excluding hydrogens is 357 g/mol. The summed E-state index contributed by atoms with van der Waals surface area (Å²) in [7, 11) is 0. The summed E-state index contributed by atoms with van der Waals surface area (Å²) in [5.41, 5.74) is 2.03. The van der Waals surface area contributed by atoms with Gasteiger partial charge in [-0.2, -0.15) is 0 Å². The SMILES string of the molecule is CCNC(=O)[C@@]12CC[C@](C)(c3nc4cc(Cl)c(Cl)cc4nc31)C2(C)C. The maximum atomic E-state index is 13.2. The maximum Gasteiger partial charge on any atom is 0.232 e. The Morgan fingerprint density at radius 1 is 1.08 bits per heavy atom. The molecule has 6 heteroatoms. The zero-order valence-corrected chi connectivity index (χ0v) is 16.3. The number of nitrogens with one attached hydrogen (secondary N) is 1. The zero-order valence-electron chi connectivity index (χ0n) is 14.8. The third-order valence-electron chi connectivity index (χ3n) is 6.80. The Labute approximate surface area is 157 Å². The van der Waals surface area contributed by atoms with Crippen molar-refractivity contribution >= 4 is 40.1 Å². The van der Waals surface area contributed by atoms with Crippen LogP contribution in [0.2, 0.25) is 10.0 Å². The molecule has 0 unspecified atom stereocenters. The van der Waals surface area contributed by atoms with Crippen LogP contribution < -0.4 is 5.32 Å². The predicted molar refractivity (Wildman–Crippen MR) is 100 cm³/mol. The van der Waals surface area contributed by atoms with E-state index in [9.17, 15) is 4.79 Å². The molecule has 1 saturated carbocycles. The highest BCUT2D eigenvalue weighted by atomic mass is 35.5. The molecule has 1 amide bonds. The van der Waals surface area contributed by atoms with Crippen molar-refractivity contribution in [2.75, 3.05) is 6.54 Å². The van der Waals surface area contributed by atoms with Crippen LogP contribution in [0.15, 0.2) is 12.1 Å². The lowest BCUT2D eigenvalue weighted by Gasteiger charge is -2.39. The van der Waals surface area contributed by atoms with Gasteiger partial charge in [0.2, 0.25) is 5.91 Å². The predicted octanol–water partition coefficient (Wildman–Crippen LogP) is 4.40. The monoisotopic (exact) mass is 377 g/mol. The van der Waals surface area contributed by atoms with Gasteiger partial charge in [0.05, 0.1) is 37.9 Å². The molecule has 0 saturated heterocycles. The zero-order chi connectivity index (χ0) is 18.2. The van der Waals surface area contributed by atoms with Crippen LogP contribution in [0, 0.1) is 5.41 Å². The minimum Gasteiger partial charge on any atom is -0.356 e. The molecule has 2 aromatic rings. The highest BCUT2D eigenvalue weighted by Gasteiger charge is 2.73. The van der Waals surface area contributed by atoms with E-state index in [1.165, 1.54) is 0 Å². The highest BCUT2D eigenvalue weighted by Crippen LogP contribution is 2.70. The molecule has 4 rings (SSSR count). The Morgan fingerprint density at radius 2 is 1.64 bits per heavy atom. The van der Waals surface area contributed by atoms with E-state index in [1.807, 2.05) is 6.92 Å². The van der Waals surface area contributed by atoms with Gasteiger partial charge >= 0.3 is 0 Å². The summed E-state index contributed by atoms with van der Waals surface area (Å²) in [6.45, 7) is 9.09. The highest BCUT2D eigenvalue weighted by molar-refractivity contribution is 6.42. The summed E-state index contributed by atoms with van der Waals surface area (Å²) in [5, 5.41) is 3.95. The summed E-state index contributed by atoms with van der Waals surface area (Å²) in [5.74, 6) is 0.0520.